The van der Waals surface area contributed by atoms with Crippen molar-refractivity contribution in [3.8, 4) is 0 Å². The molecule has 0 N–H and O–H groups in total. The van der Waals surface area contributed by atoms with Gasteiger partial charge < -0.3 is 34.5 Å². The Kier molecular flexibility index (Phi) is 16.3. The summed E-state index contributed by atoms with van der Waals surface area (Å²) in [6.45, 7) is 12.8. The van der Waals surface area contributed by atoms with Gasteiger partial charge in [0.1, 0.15) is 0 Å². The maximum absolute atomic E-state index is 9.75. The van der Waals surface area contributed by atoms with Gasteiger partial charge in [0.15, 0.2) is 0 Å². The van der Waals surface area contributed by atoms with E-state index in [9.17, 15) is 34.5 Å². The Morgan fingerprint density at radius 1 is 0.379 bits per heavy atom. The van der Waals surface area contributed by atoms with Gasteiger partial charge in [-0.3, -0.25) is 0 Å². The van der Waals surface area contributed by atoms with Gasteiger partial charge in [0.05, 0.1) is 0 Å². The topological polar surface area (TPSA) is 0 Å². The molecule has 11 heteroatoms. The molecule has 0 aliphatic rings. The Morgan fingerprint density at radius 2 is 0.448 bits per heavy atom. The molecular formula is C18H24B2F8Ru. The van der Waals surface area contributed by atoms with Gasteiger partial charge in [-0.2, -0.15) is 0 Å². The second-order valence-electron chi connectivity index (χ2n) is 6.32. The molecule has 0 atom stereocenters. The molecule has 2 rings (SSSR count). The predicted octanol–water partition coefficient (Wildman–Crippen LogP) is 7.82. The van der Waals surface area contributed by atoms with Crippen molar-refractivity contribution in [1.29, 1.82) is 0 Å². The zero-order chi connectivity index (χ0) is 22.7. The molecule has 29 heavy (non-hydrogen) atoms. The van der Waals surface area contributed by atoms with Crippen LogP contribution in [0.15, 0.2) is 36.4 Å². The van der Waals surface area contributed by atoms with Gasteiger partial charge >= 0.3 is 34.0 Å². The van der Waals surface area contributed by atoms with Crippen LogP contribution in [0.4, 0.5) is 34.5 Å². The second-order valence-corrected chi connectivity index (χ2v) is 6.32. The van der Waals surface area contributed by atoms with Crippen molar-refractivity contribution in [2.45, 2.75) is 41.5 Å². The van der Waals surface area contributed by atoms with Crippen molar-refractivity contribution in [3.05, 3.63) is 69.8 Å². The van der Waals surface area contributed by atoms with E-state index in [1.165, 1.54) is 33.4 Å². The fraction of sp³-hybridized carbons (Fsp3) is 0.333. The molecule has 0 nitrogen and oxygen atoms in total. The third-order valence-electron chi connectivity index (χ3n) is 2.73. The first-order valence-corrected chi connectivity index (χ1v) is 8.21. The zero-order valence-electron chi connectivity index (χ0n) is 17.0. The van der Waals surface area contributed by atoms with Crippen LogP contribution in [-0.4, -0.2) is 14.5 Å². The van der Waals surface area contributed by atoms with Crippen LogP contribution in [0.3, 0.4) is 0 Å². The number of hydrogen-bond acceptors (Lipinski definition) is 0. The van der Waals surface area contributed by atoms with E-state index in [2.05, 4.69) is 77.9 Å². The first kappa shape index (κ1) is 32.3. The molecule has 166 valence electrons. The smallest absolute Gasteiger partial charge is 0.418 e. The van der Waals surface area contributed by atoms with Crippen LogP contribution in [-0.2, 0) is 19.5 Å². The Morgan fingerprint density at radius 3 is 0.517 bits per heavy atom. The first-order valence-electron chi connectivity index (χ1n) is 8.21. The summed E-state index contributed by atoms with van der Waals surface area (Å²) in [7, 11) is -12.0. The molecule has 0 saturated heterocycles. The van der Waals surface area contributed by atoms with Crippen molar-refractivity contribution in [3.63, 3.8) is 0 Å². The molecule has 0 heterocycles. The van der Waals surface area contributed by atoms with E-state index in [-0.39, 0.29) is 19.5 Å². The average Bonchev–Trinajstić information content (AvgIpc) is 2.30. The summed E-state index contributed by atoms with van der Waals surface area (Å²) in [5.41, 5.74) is 8.13. The molecule has 0 amide bonds. The summed E-state index contributed by atoms with van der Waals surface area (Å²) in [5.74, 6) is 0. The SMILES string of the molecule is Cc1cc(C)cc(C)c1.Cc1cc(C)cc(C)c1.F[B-](F)(F)F.F[B-](F)(F)F.[Ru+2]. The molecule has 0 aliphatic carbocycles. The summed E-state index contributed by atoms with van der Waals surface area (Å²) in [6, 6.07) is 13.1. The molecule has 0 aliphatic heterocycles. The maximum Gasteiger partial charge on any atom is 2.00 e. The molecule has 0 fully saturated rings. The molecule has 0 saturated carbocycles. The molecule has 2 aromatic rings. The van der Waals surface area contributed by atoms with Crippen LogP contribution in [0.5, 0.6) is 0 Å². The van der Waals surface area contributed by atoms with Gasteiger partial charge in [-0.1, -0.05) is 69.8 Å². The van der Waals surface area contributed by atoms with Gasteiger partial charge in [-0.25, -0.2) is 0 Å². The molecule has 0 unspecified atom stereocenters. The van der Waals surface area contributed by atoms with Crippen molar-refractivity contribution in [2.75, 3.05) is 0 Å². The van der Waals surface area contributed by atoms with Gasteiger partial charge in [-0.15, -0.1) is 0 Å². The van der Waals surface area contributed by atoms with Gasteiger partial charge in [0.2, 0.25) is 0 Å². The minimum Gasteiger partial charge on any atom is -0.418 e. The third-order valence-corrected chi connectivity index (χ3v) is 2.73. The summed E-state index contributed by atoms with van der Waals surface area (Å²) in [5, 5.41) is 0. The minimum absolute atomic E-state index is 0. The van der Waals surface area contributed by atoms with E-state index in [0.29, 0.717) is 0 Å². The molecule has 0 radical (unpaired) electrons. The summed E-state index contributed by atoms with van der Waals surface area (Å²) in [4.78, 5) is 0. The molecule has 0 spiro atoms. The fourth-order valence-corrected chi connectivity index (χ4v) is 2.40. The summed E-state index contributed by atoms with van der Waals surface area (Å²) in [6.07, 6.45) is 0. The van der Waals surface area contributed by atoms with Crippen molar-refractivity contribution in [1.82, 2.24) is 0 Å². The molecule has 2 aromatic carbocycles. The van der Waals surface area contributed by atoms with Crippen molar-refractivity contribution < 1.29 is 54.0 Å². The van der Waals surface area contributed by atoms with E-state index < -0.39 is 14.5 Å². The Bertz CT molecular complexity index is 542. The minimum atomic E-state index is -6.00. The van der Waals surface area contributed by atoms with Crippen LogP contribution >= 0.6 is 0 Å². The largest absolute Gasteiger partial charge is 2.00 e. The zero-order valence-corrected chi connectivity index (χ0v) is 18.7. The predicted molar refractivity (Wildman–Crippen MR) is 102 cm³/mol. The van der Waals surface area contributed by atoms with E-state index in [1.807, 2.05) is 0 Å². The number of hydrogen-bond donors (Lipinski definition) is 0. The van der Waals surface area contributed by atoms with Crippen LogP contribution in [0.2, 0.25) is 0 Å². The molecule has 0 bridgehead atoms. The van der Waals surface area contributed by atoms with Crippen LogP contribution < -0.4 is 0 Å². The van der Waals surface area contributed by atoms with E-state index in [4.69, 9.17) is 0 Å². The summed E-state index contributed by atoms with van der Waals surface area (Å²) >= 11 is 0. The van der Waals surface area contributed by atoms with Crippen LogP contribution in [0.1, 0.15) is 33.4 Å². The first-order chi connectivity index (χ1) is 12.4. The van der Waals surface area contributed by atoms with Gasteiger partial charge in [0.25, 0.3) is 0 Å². The van der Waals surface area contributed by atoms with Crippen LogP contribution in [0, 0.1) is 41.5 Å². The van der Waals surface area contributed by atoms with E-state index in [0.717, 1.165) is 0 Å². The summed E-state index contributed by atoms with van der Waals surface area (Å²) < 4.78 is 78.0. The van der Waals surface area contributed by atoms with Crippen LogP contribution in [0.25, 0.3) is 0 Å². The number of rotatable bonds is 0. The van der Waals surface area contributed by atoms with Gasteiger partial charge in [-0.05, 0) is 41.5 Å². The molecule has 0 aromatic heterocycles. The average molecular weight is 515 g/mol. The Balaban J connectivity index is -0.000000321. The van der Waals surface area contributed by atoms with E-state index >= 15 is 0 Å². The fourth-order valence-electron chi connectivity index (χ4n) is 2.40. The van der Waals surface area contributed by atoms with Gasteiger partial charge in [0, 0.05) is 0 Å². The monoisotopic (exact) mass is 516 g/mol. The maximum atomic E-state index is 9.75. The quantitative estimate of drug-likeness (QED) is 0.248. The standard InChI is InChI=1S/2C9H12.2BF4.Ru/c2*1-7-4-8(2)6-9(3)5-7;2*2-1(3,4)5;/h2*4-6H,1-3H3;;;/q;;2*-1;+2. The number of benzene rings is 2. The third kappa shape index (κ3) is 31.5. The Hall–Kier alpha value is -1.37. The van der Waals surface area contributed by atoms with Crippen molar-refractivity contribution >= 4 is 14.5 Å². The number of halogens is 8. The van der Waals surface area contributed by atoms with Crippen molar-refractivity contribution in [2.24, 2.45) is 0 Å². The molecular weight excluding hydrogens is 491 g/mol. The number of aryl methyl sites for hydroxylation is 6. The Labute approximate surface area is 180 Å². The van der Waals surface area contributed by atoms with E-state index in [1.54, 1.807) is 0 Å². The second kappa shape index (κ2) is 14.6. The normalized spacial score (nSPS) is 10.1.